The second kappa shape index (κ2) is 6.24. The topological polar surface area (TPSA) is 46.2 Å². The number of aromatic hydroxyl groups is 1. The first-order chi connectivity index (χ1) is 8.74. The Hall–Kier alpha value is -1.02. The van der Waals surface area contributed by atoms with E-state index in [0.717, 1.165) is 13.0 Å². The summed E-state index contributed by atoms with van der Waals surface area (Å²) in [6.45, 7) is 0.767. The van der Waals surface area contributed by atoms with Crippen molar-refractivity contribution in [3.8, 4) is 5.75 Å². The molecule has 0 aromatic heterocycles. The van der Waals surface area contributed by atoms with E-state index in [0.29, 0.717) is 5.75 Å². The van der Waals surface area contributed by atoms with Gasteiger partial charge in [0.25, 0.3) is 0 Å². The fraction of sp³-hybridized carbons (Fsp3) is 0.625. The average Bonchev–Trinajstić information content (AvgIpc) is 2.33. The Kier molecular flexibility index (Phi) is 4.65. The van der Waals surface area contributed by atoms with Crippen molar-refractivity contribution in [2.24, 2.45) is 11.1 Å². The standard InChI is InChI=1S/C16H25NO/c17-13-16(9-4-2-1-3-5-10-16)12-14-7-6-8-15(18)11-14/h6-8,11,18H,1-5,9-10,12-13,17H2. The van der Waals surface area contributed by atoms with Crippen LogP contribution in [0.15, 0.2) is 24.3 Å². The maximum absolute atomic E-state index is 9.57. The van der Waals surface area contributed by atoms with Crippen LogP contribution < -0.4 is 5.73 Å². The minimum Gasteiger partial charge on any atom is -0.508 e. The first-order valence-corrected chi connectivity index (χ1v) is 7.22. The minimum atomic E-state index is 0.258. The molecule has 1 aromatic carbocycles. The van der Waals surface area contributed by atoms with Gasteiger partial charge in [0.05, 0.1) is 0 Å². The highest BCUT2D eigenvalue weighted by Crippen LogP contribution is 2.36. The van der Waals surface area contributed by atoms with E-state index in [2.05, 4.69) is 6.07 Å². The summed E-state index contributed by atoms with van der Waals surface area (Å²) in [5.74, 6) is 0.366. The van der Waals surface area contributed by atoms with Crippen LogP contribution >= 0.6 is 0 Å². The highest BCUT2D eigenvalue weighted by molar-refractivity contribution is 5.28. The molecule has 0 spiro atoms. The molecule has 1 aromatic rings. The van der Waals surface area contributed by atoms with Crippen LogP contribution in [0.25, 0.3) is 0 Å². The zero-order chi connectivity index (χ0) is 12.8. The van der Waals surface area contributed by atoms with Crippen LogP contribution in [0.1, 0.15) is 50.5 Å². The molecular weight excluding hydrogens is 222 g/mol. The molecule has 0 unspecified atom stereocenters. The lowest BCUT2D eigenvalue weighted by molar-refractivity contribution is 0.217. The smallest absolute Gasteiger partial charge is 0.115 e. The number of rotatable bonds is 3. The lowest BCUT2D eigenvalue weighted by Crippen LogP contribution is -2.33. The molecular formula is C16H25NO. The zero-order valence-corrected chi connectivity index (χ0v) is 11.2. The Bertz CT molecular complexity index is 367. The zero-order valence-electron chi connectivity index (χ0n) is 11.2. The Morgan fingerprint density at radius 1 is 1.06 bits per heavy atom. The van der Waals surface area contributed by atoms with E-state index in [1.165, 1.54) is 50.5 Å². The SMILES string of the molecule is NCC1(Cc2cccc(O)c2)CCCCCCC1. The Balaban J connectivity index is 2.10. The summed E-state index contributed by atoms with van der Waals surface area (Å²) in [7, 11) is 0. The number of hydrogen-bond acceptors (Lipinski definition) is 2. The molecule has 0 heterocycles. The van der Waals surface area contributed by atoms with Crippen LogP contribution in [0.3, 0.4) is 0 Å². The van der Waals surface area contributed by atoms with Crippen LogP contribution in [0, 0.1) is 5.41 Å². The molecule has 1 fully saturated rings. The lowest BCUT2D eigenvalue weighted by Gasteiger charge is -2.34. The normalized spacial score (nSPS) is 20.1. The van der Waals surface area contributed by atoms with Gasteiger partial charge in [-0.2, -0.15) is 0 Å². The molecule has 0 bridgehead atoms. The van der Waals surface area contributed by atoms with Crippen molar-refractivity contribution in [3.63, 3.8) is 0 Å². The average molecular weight is 247 g/mol. The predicted molar refractivity (Wildman–Crippen MR) is 75.6 cm³/mol. The molecule has 1 aliphatic rings. The van der Waals surface area contributed by atoms with Crippen LogP contribution in [0.2, 0.25) is 0 Å². The summed E-state index contributed by atoms with van der Waals surface area (Å²) in [5, 5.41) is 9.57. The van der Waals surface area contributed by atoms with Crippen molar-refractivity contribution in [1.82, 2.24) is 0 Å². The van der Waals surface area contributed by atoms with Crippen LogP contribution in [0.5, 0.6) is 5.75 Å². The molecule has 1 saturated carbocycles. The molecule has 0 aliphatic heterocycles. The van der Waals surface area contributed by atoms with E-state index in [1.807, 2.05) is 12.1 Å². The van der Waals surface area contributed by atoms with Gasteiger partial charge in [-0.1, -0.05) is 44.2 Å². The quantitative estimate of drug-likeness (QED) is 0.857. The van der Waals surface area contributed by atoms with E-state index in [1.54, 1.807) is 6.07 Å². The largest absolute Gasteiger partial charge is 0.508 e. The highest BCUT2D eigenvalue weighted by Gasteiger charge is 2.29. The number of benzene rings is 1. The van der Waals surface area contributed by atoms with Gasteiger partial charge < -0.3 is 10.8 Å². The molecule has 2 rings (SSSR count). The van der Waals surface area contributed by atoms with E-state index < -0.39 is 0 Å². The summed E-state index contributed by atoms with van der Waals surface area (Å²) in [6.07, 6.45) is 10.2. The van der Waals surface area contributed by atoms with E-state index in [-0.39, 0.29) is 5.41 Å². The van der Waals surface area contributed by atoms with Crippen molar-refractivity contribution in [3.05, 3.63) is 29.8 Å². The van der Waals surface area contributed by atoms with Gasteiger partial charge in [0.2, 0.25) is 0 Å². The summed E-state index contributed by atoms with van der Waals surface area (Å²) in [6, 6.07) is 7.65. The molecule has 2 nitrogen and oxygen atoms in total. The fourth-order valence-electron chi connectivity index (χ4n) is 3.21. The van der Waals surface area contributed by atoms with Gasteiger partial charge in [-0.3, -0.25) is 0 Å². The number of nitrogens with two attached hydrogens (primary N) is 1. The predicted octanol–water partition coefficient (Wildman–Crippen LogP) is 3.62. The lowest BCUT2D eigenvalue weighted by atomic mass is 9.72. The maximum atomic E-state index is 9.57. The van der Waals surface area contributed by atoms with Crippen molar-refractivity contribution in [1.29, 1.82) is 0 Å². The molecule has 18 heavy (non-hydrogen) atoms. The molecule has 3 N–H and O–H groups in total. The first-order valence-electron chi connectivity index (χ1n) is 7.22. The highest BCUT2D eigenvalue weighted by atomic mass is 16.3. The Labute approximate surface area is 110 Å². The minimum absolute atomic E-state index is 0.258. The molecule has 0 atom stereocenters. The second-order valence-electron chi connectivity index (χ2n) is 5.82. The van der Waals surface area contributed by atoms with Gasteiger partial charge in [0.1, 0.15) is 5.75 Å². The molecule has 100 valence electrons. The van der Waals surface area contributed by atoms with Crippen molar-refractivity contribution in [2.45, 2.75) is 51.4 Å². The van der Waals surface area contributed by atoms with Crippen molar-refractivity contribution < 1.29 is 5.11 Å². The van der Waals surface area contributed by atoms with Gasteiger partial charge in [-0.05, 0) is 48.9 Å². The second-order valence-corrected chi connectivity index (χ2v) is 5.82. The third-order valence-corrected chi connectivity index (χ3v) is 4.34. The molecule has 0 saturated heterocycles. The van der Waals surface area contributed by atoms with Crippen LogP contribution in [-0.4, -0.2) is 11.7 Å². The summed E-state index contributed by atoms with van der Waals surface area (Å²) in [4.78, 5) is 0. The first kappa shape index (κ1) is 13.4. The molecule has 0 amide bonds. The van der Waals surface area contributed by atoms with Crippen molar-refractivity contribution in [2.75, 3.05) is 6.54 Å². The van der Waals surface area contributed by atoms with Crippen LogP contribution in [0.4, 0.5) is 0 Å². The number of phenolic OH excluding ortho intramolecular Hbond substituents is 1. The van der Waals surface area contributed by atoms with E-state index >= 15 is 0 Å². The van der Waals surface area contributed by atoms with Crippen LogP contribution in [-0.2, 0) is 6.42 Å². The molecule has 2 heteroatoms. The Morgan fingerprint density at radius 2 is 1.72 bits per heavy atom. The maximum Gasteiger partial charge on any atom is 0.115 e. The summed E-state index contributed by atoms with van der Waals surface area (Å²) >= 11 is 0. The number of phenols is 1. The van der Waals surface area contributed by atoms with Gasteiger partial charge in [-0.25, -0.2) is 0 Å². The summed E-state index contributed by atoms with van der Waals surface area (Å²) in [5.41, 5.74) is 7.56. The number of hydrogen-bond donors (Lipinski definition) is 2. The van der Waals surface area contributed by atoms with Gasteiger partial charge in [0, 0.05) is 0 Å². The van der Waals surface area contributed by atoms with Gasteiger partial charge >= 0.3 is 0 Å². The molecule has 1 aliphatic carbocycles. The Morgan fingerprint density at radius 3 is 2.33 bits per heavy atom. The fourth-order valence-corrected chi connectivity index (χ4v) is 3.21. The molecule has 0 radical (unpaired) electrons. The van der Waals surface area contributed by atoms with E-state index in [9.17, 15) is 5.11 Å². The monoisotopic (exact) mass is 247 g/mol. The van der Waals surface area contributed by atoms with E-state index in [4.69, 9.17) is 5.73 Å². The van der Waals surface area contributed by atoms with Gasteiger partial charge in [-0.15, -0.1) is 0 Å². The third-order valence-electron chi connectivity index (χ3n) is 4.34. The van der Waals surface area contributed by atoms with Crippen molar-refractivity contribution >= 4 is 0 Å². The van der Waals surface area contributed by atoms with Gasteiger partial charge in [0.15, 0.2) is 0 Å². The third kappa shape index (κ3) is 3.49. The summed E-state index contributed by atoms with van der Waals surface area (Å²) < 4.78 is 0.